The molecule has 1 atom stereocenters. The van der Waals surface area contributed by atoms with Crippen molar-refractivity contribution in [3.8, 4) is 0 Å². The number of hydrogen-bond acceptors (Lipinski definition) is 4. The van der Waals surface area contributed by atoms with E-state index in [1.807, 2.05) is 56.5 Å². The molecule has 1 aromatic carbocycles. The number of carbonyl (C=O) groups is 1. The van der Waals surface area contributed by atoms with Gasteiger partial charge in [0.05, 0.1) is 12.0 Å². The van der Waals surface area contributed by atoms with Crippen molar-refractivity contribution in [1.82, 2.24) is 19.4 Å². The lowest BCUT2D eigenvalue weighted by Gasteiger charge is -2.37. The van der Waals surface area contributed by atoms with E-state index in [9.17, 15) is 4.79 Å². The summed E-state index contributed by atoms with van der Waals surface area (Å²) in [6.07, 6.45) is 11.6. The third-order valence-corrected chi connectivity index (χ3v) is 7.86. The number of nitrogens with zero attached hydrogens (tertiary/aromatic N) is 4. The quantitative estimate of drug-likeness (QED) is 0.344. The number of benzene rings is 1. The fourth-order valence-electron chi connectivity index (χ4n) is 5.79. The molecule has 7 heteroatoms. The van der Waals surface area contributed by atoms with Crippen LogP contribution in [0.15, 0.2) is 49.1 Å². The lowest BCUT2D eigenvalue weighted by molar-refractivity contribution is 0.0178. The van der Waals surface area contributed by atoms with Gasteiger partial charge in [-0.3, -0.25) is 4.98 Å². The van der Waals surface area contributed by atoms with Crippen LogP contribution in [0.4, 0.5) is 4.79 Å². The van der Waals surface area contributed by atoms with E-state index in [2.05, 4.69) is 40.7 Å². The average Bonchev–Trinajstić information content (AvgIpc) is 3.23. The van der Waals surface area contributed by atoms with E-state index in [4.69, 9.17) is 21.3 Å². The number of amides is 1. The number of piperidine rings is 1. The van der Waals surface area contributed by atoms with Crippen LogP contribution in [0, 0.1) is 12.8 Å². The number of allylic oxidation sites excluding steroid dienone is 1. The van der Waals surface area contributed by atoms with Crippen LogP contribution < -0.4 is 0 Å². The van der Waals surface area contributed by atoms with Gasteiger partial charge in [-0.1, -0.05) is 29.8 Å². The van der Waals surface area contributed by atoms with Crippen LogP contribution >= 0.6 is 11.6 Å². The van der Waals surface area contributed by atoms with Gasteiger partial charge in [0.15, 0.2) is 0 Å². The van der Waals surface area contributed by atoms with Crippen molar-refractivity contribution in [3.05, 3.63) is 82.2 Å². The zero-order chi connectivity index (χ0) is 26.9. The Hall–Kier alpha value is -3.12. The van der Waals surface area contributed by atoms with Crippen LogP contribution in [-0.4, -0.2) is 44.2 Å². The Balaban J connectivity index is 1.42. The number of aryl methyl sites for hydroxylation is 2. The summed E-state index contributed by atoms with van der Waals surface area (Å²) in [6.45, 7) is 10.1. The highest BCUT2D eigenvalue weighted by Crippen LogP contribution is 2.45. The SMILES string of the molecule is Cc1cncn1CCCC1=Cc2cc(Cl)ccc2[C@H](C2CCN(C(=O)OC(C)(C)C)CC2)c2ncccc21. The average molecular weight is 533 g/mol. The van der Waals surface area contributed by atoms with E-state index >= 15 is 0 Å². The molecule has 1 fully saturated rings. The number of imidazole rings is 1. The molecule has 3 aromatic rings. The predicted molar refractivity (Wildman–Crippen MR) is 152 cm³/mol. The smallest absolute Gasteiger partial charge is 0.410 e. The van der Waals surface area contributed by atoms with E-state index in [0.717, 1.165) is 42.9 Å². The Morgan fingerprint density at radius 3 is 2.68 bits per heavy atom. The predicted octanol–water partition coefficient (Wildman–Crippen LogP) is 7.35. The first kappa shape index (κ1) is 26.5. The first-order valence-electron chi connectivity index (χ1n) is 13.6. The molecule has 200 valence electrons. The summed E-state index contributed by atoms with van der Waals surface area (Å²) < 4.78 is 7.84. The van der Waals surface area contributed by atoms with E-state index in [1.54, 1.807) is 0 Å². The van der Waals surface area contributed by atoms with E-state index < -0.39 is 5.60 Å². The molecule has 2 aliphatic rings. The Morgan fingerprint density at radius 1 is 1.18 bits per heavy atom. The molecule has 6 nitrogen and oxygen atoms in total. The standard InChI is InChI=1S/C31H37ClN4O2/c1-21-19-33-20-36(21)14-6-7-23-17-24-18-25(32)9-10-26(24)28(29-27(23)8-5-13-34-29)22-11-15-35(16-12-22)30(37)38-31(2,3)4/h5,8-10,13,17-20,22,28H,6-7,11-12,14-16H2,1-4H3/t28-/m0/s1. The Kier molecular flexibility index (Phi) is 7.62. The van der Waals surface area contributed by atoms with Gasteiger partial charge >= 0.3 is 6.09 Å². The molecule has 0 radical (unpaired) electrons. The van der Waals surface area contributed by atoms with Crippen LogP contribution in [0.3, 0.4) is 0 Å². The Morgan fingerprint density at radius 2 is 1.97 bits per heavy atom. The van der Waals surface area contributed by atoms with Crippen LogP contribution in [0.5, 0.6) is 0 Å². The van der Waals surface area contributed by atoms with E-state index in [1.165, 1.54) is 28.0 Å². The minimum atomic E-state index is -0.491. The Labute approximate surface area is 230 Å². The van der Waals surface area contributed by atoms with E-state index in [-0.39, 0.29) is 12.0 Å². The molecule has 0 bridgehead atoms. The molecule has 0 spiro atoms. The number of carbonyl (C=O) groups excluding carboxylic acids is 1. The summed E-state index contributed by atoms with van der Waals surface area (Å²) >= 11 is 6.51. The van der Waals surface area contributed by atoms with Gasteiger partial charge in [0.1, 0.15) is 5.60 Å². The number of aromatic nitrogens is 3. The van der Waals surface area contributed by atoms with Gasteiger partial charge in [0.2, 0.25) is 0 Å². The van der Waals surface area contributed by atoms with Gasteiger partial charge in [-0.15, -0.1) is 0 Å². The van der Waals surface area contributed by atoms with E-state index in [0.29, 0.717) is 19.0 Å². The van der Waals surface area contributed by atoms with Crippen molar-refractivity contribution >= 4 is 29.3 Å². The molecule has 0 unspecified atom stereocenters. The number of fused-ring (bicyclic) bond motifs is 2. The summed E-state index contributed by atoms with van der Waals surface area (Å²) in [6, 6.07) is 10.5. The minimum Gasteiger partial charge on any atom is -0.444 e. The summed E-state index contributed by atoms with van der Waals surface area (Å²) in [5.41, 5.74) is 6.78. The molecule has 5 rings (SSSR count). The van der Waals surface area contributed by atoms with Crippen LogP contribution in [0.25, 0.3) is 11.6 Å². The zero-order valence-electron chi connectivity index (χ0n) is 22.8. The molecule has 0 saturated carbocycles. The van der Waals surface area contributed by atoms with Gasteiger partial charge in [-0.2, -0.15) is 0 Å². The van der Waals surface area contributed by atoms with Crippen molar-refractivity contribution < 1.29 is 9.53 Å². The summed E-state index contributed by atoms with van der Waals surface area (Å²) in [5, 5.41) is 0.741. The van der Waals surface area contributed by atoms with Gasteiger partial charge in [-0.25, -0.2) is 9.78 Å². The van der Waals surface area contributed by atoms with Crippen LogP contribution in [0.1, 0.15) is 80.5 Å². The second-order valence-electron chi connectivity index (χ2n) is 11.5. The molecule has 2 aromatic heterocycles. The molecule has 0 N–H and O–H groups in total. The maximum atomic E-state index is 12.7. The highest BCUT2D eigenvalue weighted by Gasteiger charge is 2.36. The van der Waals surface area contributed by atoms with Crippen molar-refractivity contribution in [3.63, 3.8) is 0 Å². The summed E-state index contributed by atoms with van der Waals surface area (Å²) in [4.78, 5) is 23.8. The molecular formula is C31H37ClN4O2. The zero-order valence-corrected chi connectivity index (χ0v) is 23.5. The van der Waals surface area contributed by atoms with Gasteiger partial charge in [0, 0.05) is 48.7 Å². The summed E-state index contributed by atoms with van der Waals surface area (Å²) in [7, 11) is 0. The van der Waals surface area contributed by atoms with Crippen molar-refractivity contribution in [2.24, 2.45) is 5.92 Å². The number of ether oxygens (including phenoxy) is 1. The van der Waals surface area contributed by atoms with Crippen molar-refractivity contribution in [1.29, 1.82) is 0 Å². The highest BCUT2D eigenvalue weighted by molar-refractivity contribution is 6.30. The molecule has 38 heavy (non-hydrogen) atoms. The molecular weight excluding hydrogens is 496 g/mol. The fourth-order valence-corrected chi connectivity index (χ4v) is 5.97. The normalized spacial score (nSPS) is 17.9. The topological polar surface area (TPSA) is 60.2 Å². The molecule has 1 aliphatic carbocycles. The third kappa shape index (κ3) is 5.80. The number of rotatable bonds is 5. The maximum Gasteiger partial charge on any atom is 0.410 e. The number of hydrogen-bond donors (Lipinski definition) is 0. The second kappa shape index (κ2) is 10.9. The number of pyridine rings is 1. The monoisotopic (exact) mass is 532 g/mol. The molecule has 1 amide bonds. The van der Waals surface area contributed by atoms with Crippen LogP contribution in [-0.2, 0) is 11.3 Å². The summed E-state index contributed by atoms with van der Waals surface area (Å²) in [5.74, 6) is 0.507. The van der Waals surface area contributed by atoms with Crippen molar-refractivity contribution in [2.45, 2.75) is 71.4 Å². The third-order valence-electron chi connectivity index (χ3n) is 7.62. The minimum absolute atomic E-state index is 0.142. The number of likely N-dealkylation sites (tertiary alicyclic amines) is 1. The largest absolute Gasteiger partial charge is 0.444 e. The first-order valence-corrected chi connectivity index (χ1v) is 14.0. The van der Waals surface area contributed by atoms with Gasteiger partial charge in [-0.05, 0) is 99.8 Å². The van der Waals surface area contributed by atoms with Crippen molar-refractivity contribution in [2.75, 3.05) is 13.1 Å². The number of halogens is 1. The second-order valence-corrected chi connectivity index (χ2v) is 11.9. The lowest BCUT2D eigenvalue weighted by atomic mass is 9.76. The first-order chi connectivity index (χ1) is 18.2. The highest BCUT2D eigenvalue weighted by atomic mass is 35.5. The fraction of sp³-hybridized carbons (Fsp3) is 0.452. The van der Waals surface area contributed by atoms with Gasteiger partial charge < -0.3 is 14.2 Å². The lowest BCUT2D eigenvalue weighted by Crippen LogP contribution is -2.42. The molecule has 3 heterocycles. The molecule has 1 aliphatic heterocycles. The maximum absolute atomic E-state index is 12.7. The van der Waals surface area contributed by atoms with Crippen LogP contribution in [0.2, 0.25) is 5.02 Å². The van der Waals surface area contributed by atoms with Gasteiger partial charge in [0.25, 0.3) is 0 Å². The molecule has 1 saturated heterocycles. The Bertz CT molecular complexity index is 1330.